The molecule has 10 heteroatoms. The number of nitrogens with zero attached hydrogens (tertiary/aromatic N) is 1. The molecule has 2 aromatic carbocycles. The predicted octanol–water partition coefficient (Wildman–Crippen LogP) is 3.15. The highest BCUT2D eigenvalue weighted by molar-refractivity contribution is 7.87. The van der Waals surface area contributed by atoms with Crippen molar-refractivity contribution in [2.75, 3.05) is 13.7 Å². The molecule has 0 fully saturated rings. The highest BCUT2D eigenvalue weighted by atomic mass is 32.2. The Labute approximate surface area is 162 Å². The van der Waals surface area contributed by atoms with Crippen molar-refractivity contribution in [3.8, 4) is 5.75 Å². The van der Waals surface area contributed by atoms with E-state index in [1.165, 1.54) is 25.3 Å². The highest BCUT2D eigenvalue weighted by Crippen LogP contribution is 2.32. The lowest BCUT2D eigenvalue weighted by molar-refractivity contribution is -0.387. The van der Waals surface area contributed by atoms with Crippen molar-refractivity contribution in [3.63, 3.8) is 0 Å². The van der Waals surface area contributed by atoms with E-state index >= 15 is 0 Å². The van der Waals surface area contributed by atoms with Crippen LogP contribution >= 0.6 is 0 Å². The number of hydrogen-bond acceptors (Lipinski definition) is 8. The number of para-hydroxylation sites is 2. The van der Waals surface area contributed by atoms with E-state index in [0.29, 0.717) is 0 Å². The molecule has 152 valence electrons. The lowest BCUT2D eigenvalue weighted by Gasteiger charge is -2.29. The van der Waals surface area contributed by atoms with Crippen LogP contribution in [-0.2, 0) is 23.8 Å². The molecule has 0 saturated heterocycles. The summed E-state index contributed by atoms with van der Waals surface area (Å²) in [7, 11) is -3.05. The van der Waals surface area contributed by atoms with E-state index in [4.69, 9.17) is 13.7 Å². The number of rotatable bonds is 9. The molecule has 0 spiro atoms. The van der Waals surface area contributed by atoms with E-state index in [-0.39, 0.29) is 11.3 Å². The van der Waals surface area contributed by atoms with Gasteiger partial charge >= 0.3 is 10.1 Å². The SMILES string of the molecule is COC(C)(C)OC(COS(=O)(=O)c1ccccc1[N+](=O)[O-])c1ccccc1O. The fraction of sp³-hybridized carbons (Fsp3) is 0.333. The van der Waals surface area contributed by atoms with Crippen LogP contribution in [0.15, 0.2) is 53.4 Å². The highest BCUT2D eigenvalue weighted by Gasteiger charge is 2.31. The van der Waals surface area contributed by atoms with Gasteiger partial charge in [0.15, 0.2) is 10.7 Å². The minimum atomic E-state index is -4.46. The molecule has 0 radical (unpaired) electrons. The van der Waals surface area contributed by atoms with Crippen molar-refractivity contribution in [1.29, 1.82) is 0 Å². The van der Waals surface area contributed by atoms with Crippen LogP contribution in [-0.4, -0.2) is 38.0 Å². The van der Waals surface area contributed by atoms with Gasteiger partial charge in [-0.25, -0.2) is 0 Å². The van der Waals surface area contributed by atoms with Crippen molar-refractivity contribution in [2.45, 2.75) is 30.6 Å². The zero-order valence-corrected chi connectivity index (χ0v) is 16.4. The van der Waals surface area contributed by atoms with Gasteiger partial charge in [0.2, 0.25) is 0 Å². The molecule has 0 saturated carbocycles. The Morgan fingerprint density at radius 1 is 1.14 bits per heavy atom. The molecular formula is C18H21NO8S. The third-order valence-corrected chi connectivity index (χ3v) is 5.24. The fourth-order valence-electron chi connectivity index (χ4n) is 2.37. The molecule has 1 N–H and O–H groups in total. The van der Waals surface area contributed by atoms with Gasteiger partial charge in [-0.1, -0.05) is 30.3 Å². The van der Waals surface area contributed by atoms with E-state index in [2.05, 4.69) is 0 Å². The molecule has 2 rings (SSSR count). The standard InChI is InChI=1S/C18H21NO8S/c1-18(2,25-3)27-16(13-8-4-6-10-15(13)20)12-26-28(23,24)17-11-7-5-9-14(17)19(21)22/h4-11,16,20H,12H2,1-3H3. The molecule has 2 aromatic rings. The quantitative estimate of drug-likeness (QED) is 0.289. The number of hydrogen-bond donors (Lipinski definition) is 1. The molecule has 0 aliphatic carbocycles. The zero-order valence-electron chi connectivity index (χ0n) is 15.6. The number of ether oxygens (including phenoxy) is 2. The summed E-state index contributed by atoms with van der Waals surface area (Å²) in [5.41, 5.74) is -0.315. The number of phenolic OH excluding ortho intramolecular Hbond substituents is 1. The van der Waals surface area contributed by atoms with Crippen molar-refractivity contribution >= 4 is 15.8 Å². The summed E-state index contributed by atoms with van der Waals surface area (Å²) >= 11 is 0. The number of phenols is 1. The Balaban J connectivity index is 2.33. The summed E-state index contributed by atoms with van der Waals surface area (Å²) < 4.78 is 41.1. The second kappa shape index (κ2) is 8.65. The van der Waals surface area contributed by atoms with E-state index < -0.39 is 44.1 Å². The zero-order chi connectivity index (χ0) is 20.9. The summed E-state index contributed by atoms with van der Waals surface area (Å²) in [5, 5.41) is 21.2. The third-order valence-electron chi connectivity index (χ3n) is 3.91. The van der Waals surface area contributed by atoms with Crippen LogP contribution in [0.1, 0.15) is 25.5 Å². The van der Waals surface area contributed by atoms with Crippen LogP contribution in [0.5, 0.6) is 5.75 Å². The molecule has 9 nitrogen and oxygen atoms in total. The summed E-state index contributed by atoms with van der Waals surface area (Å²) in [6, 6.07) is 11.1. The normalized spacial score (nSPS) is 13.2. The number of aromatic hydroxyl groups is 1. The average Bonchev–Trinajstić information content (AvgIpc) is 2.65. The lowest BCUT2D eigenvalue weighted by atomic mass is 10.1. The Hall–Kier alpha value is -2.53. The first-order valence-corrected chi connectivity index (χ1v) is 9.62. The van der Waals surface area contributed by atoms with Gasteiger partial charge in [0.25, 0.3) is 5.69 Å². The number of methoxy groups -OCH3 is 1. The fourth-order valence-corrected chi connectivity index (χ4v) is 3.45. The topological polar surface area (TPSA) is 125 Å². The molecule has 0 amide bonds. The number of nitro benzene ring substituents is 1. The van der Waals surface area contributed by atoms with Gasteiger partial charge in [0.1, 0.15) is 11.9 Å². The molecule has 1 unspecified atom stereocenters. The van der Waals surface area contributed by atoms with Gasteiger partial charge in [0.05, 0.1) is 11.5 Å². The van der Waals surface area contributed by atoms with Crippen molar-refractivity contribution in [1.82, 2.24) is 0 Å². The van der Waals surface area contributed by atoms with Crippen LogP contribution in [0.25, 0.3) is 0 Å². The number of benzene rings is 2. The molecule has 0 bridgehead atoms. The molecule has 0 aromatic heterocycles. The van der Waals surface area contributed by atoms with E-state index in [0.717, 1.165) is 12.1 Å². The lowest BCUT2D eigenvalue weighted by Crippen LogP contribution is -2.31. The van der Waals surface area contributed by atoms with E-state index in [1.807, 2.05) is 0 Å². The summed E-state index contributed by atoms with van der Waals surface area (Å²) in [4.78, 5) is 9.74. The largest absolute Gasteiger partial charge is 0.508 e. The molecule has 0 aliphatic rings. The van der Waals surface area contributed by atoms with E-state index in [1.54, 1.807) is 32.0 Å². The third kappa shape index (κ3) is 5.26. The van der Waals surface area contributed by atoms with Crippen LogP contribution < -0.4 is 0 Å². The van der Waals surface area contributed by atoms with Crippen LogP contribution in [0.2, 0.25) is 0 Å². The van der Waals surface area contributed by atoms with Crippen LogP contribution in [0.3, 0.4) is 0 Å². The molecule has 0 heterocycles. The second-order valence-corrected chi connectivity index (χ2v) is 7.82. The molecule has 1 atom stereocenters. The smallest absolute Gasteiger partial charge is 0.303 e. The van der Waals surface area contributed by atoms with Gasteiger partial charge < -0.3 is 14.6 Å². The van der Waals surface area contributed by atoms with Crippen LogP contribution in [0, 0.1) is 10.1 Å². The maximum Gasteiger partial charge on any atom is 0.303 e. The van der Waals surface area contributed by atoms with Crippen LogP contribution in [0.4, 0.5) is 5.69 Å². The minimum Gasteiger partial charge on any atom is -0.508 e. The Morgan fingerprint density at radius 2 is 1.75 bits per heavy atom. The van der Waals surface area contributed by atoms with Crippen molar-refractivity contribution < 1.29 is 32.1 Å². The first-order valence-electron chi connectivity index (χ1n) is 8.21. The molecule has 28 heavy (non-hydrogen) atoms. The van der Waals surface area contributed by atoms with Gasteiger partial charge in [-0.3, -0.25) is 14.3 Å². The average molecular weight is 411 g/mol. The Bertz CT molecular complexity index is 942. The minimum absolute atomic E-state index is 0.119. The Morgan fingerprint density at radius 3 is 2.36 bits per heavy atom. The monoisotopic (exact) mass is 411 g/mol. The van der Waals surface area contributed by atoms with Gasteiger partial charge in [0, 0.05) is 18.7 Å². The Kier molecular flexibility index (Phi) is 6.73. The number of nitro groups is 1. The second-order valence-electron chi connectivity index (χ2n) is 6.23. The van der Waals surface area contributed by atoms with Gasteiger partial charge in [-0.05, 0) is 26.0 Å². The maximum atomic E-state index is 12.5. The van der Waals surface area contributed by atoms with Gasteiger partial charge in [-0.2, -0.15) is 8.42 Å². The maximum absolute atomic E-state index is 12.5. The van der Waals surface area contributed by atoms with Crippen molar-refractivity contribution in [3.05, 3.63) is 64.2 Å². The molecule has 0 aliphatic heterocycles. The van der Waals surface area contributed by atoms with Crippen molar-refractivity contribution in [2.24, 2.45) is 0 Å². The first-order chi connectivity index (χ1) is 13.1. The summed E-state index contributed by atoms with van der Waals surface area (Å²) in [6.07, 6.45) is -1.02. The summed E-state index contributed by atoms with van der Waals surface area (Å²) in [5.74, 6) is -1.23. The molecular weight excluding hydrogens is 390 g/mol. The predicted molar refractivity (Wildman–Crippen MR) is 99.3 cm³/mol. The summed E-state index contributed by atoms with van der Waals surface area (Å²) in [6.45, 7) is 2.69. The van der Waals surface area contributed by atoms with E-state index in [9.17, 15) is 23.6 Å². The van der Waals surface area contributed by atoms with Gasteiger partial charge in [-0.15, -0.1) is 0 Å². The first kappa shape index (κ1) is 21.8.